The van der Waals surface area contributed by atoms with Crippen LogP contribution in [0.3, 0.4) is 0 Å². The first-order chi connectivity index (χ1) is 31.5. The van der Waals surface area contributed by atoms with Gasteiger partial charge in [0, 0.05) is 19.3 Å². The summed E-state index contributed by atoms with van der Waals surface area (Å²) in [5.41, 5.74) is 0. The van der Waals surface area contributed by atoms with Crippen molar-refractivity contribution in [3.8, 4) is 0 Å². The minimum atomic E-state index is -0.770. The Balaban J connectivity index is 4.01. The molecule has 0 rings (SSSR count). The van der Waals surface area contributed by atoms with Crippen molar-refractivity contribution in [3.63, 3.8) is 0 Å². The van der Waals surface area contributed by atoms with Crippen molar-refractivity contribution >= 4 is 17.9 Å². The summed E-state index contributed by atoms with van der Waals surface area (Å²) in [6, 6.07) is 0. The van der Waals surface area contributed by atoms with Crippen molar-refractivity contribution in [3.05, 3.63) is 85.1 Å². The van der Waals surface area contributed by atoms with E-state index in [0.29, 0.717) is 19.3 Å². The van der Waals surface area contributed by atoms with Gasteiger partial charge in [0.05, 0.1) is 0 Å². The van der Waals surface area contributed by atoms with Gasteiger partial charge in [0.2, 0.25) is 0 Å². The Morgan fingerprint density at radius 3 is 0.953 bits per heavy atom. The van der Waals surface area contributed by atoms with Crippen LogP contribution in [0.4, 0.5) is 0 Å². The smallest absolute Gasteiger partial charge is 0.306 e. The number of hydrogen-bond acceptors (Lipinski definition) is 6. The van der Waals surface area contributed by atoms with Gasteiger partial charge in [-0.25, -0.2) is 0 Å². The van der Waals surface area contributed by atoms with Crippen molar-refractivity contribution in [1.29, 1.82) is 0 Å². The van der Waals surface area contributed by atoms with Crippen LogP contribution in [-0.2, 0) is 28.6 Å². The second kappa shape index (κ2) is 52.2. The number of esters is 3. The highest BCUT2D eigenvalue weighted by atomic mass is 16.6. The normalized spacial score (nSPS) is 12.7. The standard InChI is InChI=1S/C58H98O6/c1-4-7-10-13-15-17-19-20-21-22-23-24-25-26-27-28-29-30-31-32-33-34-35-36-37-38-39-41-42-45-48-51-57(60)63-54-55(53-62-56(59)50-47-44-12-9-6-3)64-58(61)52-49-46-43-40-18-16-14-11-8-5-2/h7,10,15,17,20-21,23-24,26-27,29-30,32-33,55H,4-6,8-9,11-14,16,18-19,22,25,28,31,34-54H2,1-3H3/b10-7-,17-15-,21-20-,24-23-,27-26-,30-29-,33-32-. The molecule has 0 aliphatic rings. The molecule has 0 aliphatic carbocycles. The molecule has 0 aromatic rings. The van der Waals surface area contributed by atoms with E-state index in [9.17, 15) is 14.4 Å². The quantitative estimate of drug-likeness (QED) is 0.0262. The molecule has 0 radical (unpaired) electrons. The summed E-state index contributed by atoms with van der Waals surface area (Å²) in [6.45, 7) is 6.41. The Labute approximate surface area is 395 Å². The fourth-order valence-corrected chi connectivity index (χ4v) is 7.19. The van der Waals surface area contributed by atoms with Crippen LogP contribution < -0.4 is 0 Å². The van der Waals surface area contributed by atoms with Crippen LogP contribution in [0, 0.1) is 0 Å². The maximum atomic E-state index is 12.7. The molecule has 366 valence electrons. The van der Waals surface area contributed by atoms with Crippen molar-refractivity contribution < 1.29 is 28.6 Å². The third-order valence-electron chi connectivity index (χ3n) is 11.2. The molecule has 0 bridgehead atoms. The van der Waals surface area contributed by atoms with E-state index in [1.165, 1.54) is 89.9 Å². The molecule has 0 heterocycles. The third kappa shape index (κ3) is 49.6. The fourth-order valence-electron chi connectivity index (χ4n) is 7.19. The highest BCUT2D eigenvalue weighted by molar-refractivity contribution is 5.71. The lowest BCUT2D eigenvalue weighted by atomic mass is 10.1. The van der Waals surface area contributed by atoms with E-state index in [-0.39, 0.29) is 31.1 Å². The van der Waals surface area contributed by atoms with Gasteiger partial charge in [-0.15, -0.1) is 0 Å². The van der Waals surface area contributed by atoms with Crippen LogP contribution in [0.1, 0.15) is 245 Å². The van der Waals surface area contributed by atoms with Gasteiger partial charge in [0.1, 0.15) is 13.2 Å². The van der Waals surface area contributed by atoms with E-state index in [4.69, 9.17) is 14.2 Å². The summed E-state index contributed by atoms with van der Waals surface area (Å²) in [7, 11) is 0. The van der Waals surface area contributed by atoms with E-state index < -0.39 is 6.10 Å². The molecule has 0 saturated carbocycles. The predicted molar refractivity (Wildman–Crippen MR) is 274 cm³/mol. The van der Waals surface area contributed by atoms with Gasteiger partial charge in [-0.1, -0.05) is 234 Å². The maximum absolute atomic E-state index is 12.7. The summed E-state index contributed by atoms with van der Waals surface area (Å²) in [6.07, 6.45) is 67.6. The molecule has 6 nitrogen and oxygen atoms in total. The van der Waals surface area contributed by atoms with Gasteiger partial charge in [0.15, 0.2) is 6.10 Å². The zero-order valence-corrected chi connectivity index (χ0v) is 41.8. The molecule has 0 saturated heterocycles. The average molecular weight is 891 g/mol. The molecule has 0 aromatic carbocycles. The first-order valence-corrected chi connectivity index (χ1v) is 26.6. The molecule has 0 aliphatic heterocycles. The van der Waals surface area contributed by atoms with Gasteiger partial charge in [-0.2, -0.15) is 0 Å². The van der Waals surface area contributed by atoms with Crippen molar-refractivity contribution in [2.24, 2.45) is 0 Å². The molecule has 0 spiro atoms. The van der Waals surface area contributed by atoms with Crippen LogP contribution in [0.2, 0.25) is 0 Å². The summed E-state index contributed by atoms with van der Waals surface area (Å²) in [5.74, 6) is -0.899. The number of carbonyl (C=O) groups excluding carboxylic acids is 3. The van der Waals surface area contributed by atoms with Crippen LogP contribution in [-0.4, -0.2) is 37.2 Å². The monoisotopic (exact) mass is 891 g/mol. The fraction of sp³-hybridized carbons (Fsp3) is 0.707. The molecule has 6 heteroatoms. The van der Waals surface area contributed by atoms with E-state index in [1.54, 1.807) is 0 Å². The molecule has 64 heavy (non-hydrogen) atoms. The SMILES string of the molecule is CC/C=C\C/C=C\C/C=C\C/C=C\C/C=C\C/C=C\C/C=C\CCCCCCCCCCCC(=O)OCC(COC(=O)CCCCCCC)OC(=O)CCCCCCCCCCCC. The van der Waals surface area contributed by atoms with E-state index in [2.05, 4.69) is 106 Å². The Morgan fingerprint density at radius 1 is 0.328 bits per heavy atom. The van der Waals surface area contributed by atoms with E-state index in [1.807, 2.05) is 0 Å². The topological polar surface area (TPSA) is 78.9 Å². The van der Waals surface area contributed by atoms with E-state index in [0.717, 1.165) is 116 Å². The molecule has 0 aromatic heterocycles. The summed E-state index contributed by atoms with van der Waals surface area (Å²) >= 11 is 0. The lowest BCUT2D eigenvalue weighted by Crippen LogP contribution is -2.30. The Kier molecular flexibility index (Phi) is 49.4. The van der Waals surface area contributed by atoms with Crippen LogP contribution in [0.5, 0.6) is 0 Å². The largest absolute Gasteiger partial charge is 0.462 e. The summed E-state index contributed by atoms with van der Waals surface area (Å²) in [4.78, 5) is 37.5. The Morgan fingerprint density at radius 2 is 0.609 bits per heavy atom. The number of hydrogen-bond donors (Lipinski definition) is 0. The van der Waals surface area contributed by atoms with Crippen molar-refractivity contribution in [2.75, 3.05) is 13.2 Å². The first kappa shape index (κ1) is 60.6. The van der Waals surface area contributed by atoms with Gasteiger partial charge >= 0.3 is 17.9 Å². The van der Waals surface area contributed by atoms with Gasteiger partial charge in [0.25, 0.3) is 0 Å². The minimum Gasteiger partial charge on any atom is -0.462 e. The number of allylic oxidation sites excluding steroid dienone is 14. The van der Waals surface area contributed by atoms with Gasteiger partial charge < -0.3 is 14.2 Å². The lowest BCUT2D eigenvalue weighted by molar-refractivity contribution is -0.167. The molecule has 0 amide bonds. The summed E-state index contributed by atoms with van der Waals surface area (Å²) < 4.78 is 16.6. The molecular formula is C58H98O6. The van der Waals surface area contributed by atoms with Crippen LogP contribution >= 0.6 is 0 Å². The second-order valence-electron chi connectivity index (χ2n) is 17.4. The lowest BCUT2D eigenvalue weighted by Gasteiger charge is -2.18. The zero-order valence-electron chi connectivity index (χ0n) is 41.8. The average Bonchev–Trinajstić information content (AvgIpc) is 3.29. The highest BCUT2D eigenvalue weighted by Crippen LogP contribution is 2.15. The number of rotatable bonds is 47. The highest BCUT2D eigenvalue weighted by Gasteiger charge is 2.19. The van der Waals surface area contributed by atoms with Gasteiger partial charge in [-0.3, -0.25) is 14.4 Å². The molecular weight excluding hydrogens is 793 g/mol. The zero-order chi connectivity index (χ0) is 46.5. The molecule has 1 atom stereocenters. The predicted octanol–water partition coefficient (Wildman–Crippen LogP) is 17.6. The minimum absolute atomic E-state index is 0.0768. The van der Waals surface area contributed by atoms with Crippen molar-refractivity contribution in [2.45, 2.75) is 252 Å². The number of ether oxygens (including phenoxy) is 3. The molecule has 1 unspecified atom stereocenters. The van der Waals surface area contributed by atoms with E-state index >= 15 is 0 Å². The Bertz CT molecular complexity index is 1250. The van der Waals surface area contributed by atoms with Gasteiger partial charge in [-0.05, 0) is 77.0 Å². The number of carbonyl (C=O) groups is 3. The summed E-state index contributed by atoms with van der Waals surface area (Å²) in [5, 5.41) is 0. The van der Waals surface area contributed by atoms with Crippen LogP contribution in [0.25, 0.3) is 0 Å². The maximum Gasteiger partial charge on any atom is 0.306 e. The Hall–Kier alpha value is -3.41. The first-order valence-electron chi connectivity index (χ1n) is 26.6. The third-order valence-corrected chi connectivity index (χ3v) is 11.2. The second-order valence-corrected chi connectivity index (χ2v) is 17.4. The molecule has 0 fully saturated rings. The van der Waals surface area contributed by atoms with Crippen molar-refractivity contribution in [1.82, 2.24) is 0 Å². The number of unbranched alkanes of at least 4 members (excludes halogenated alkanes) is 22. The molecule has 0 N–H and O–H groups in total. The van der Waals surface area contributed by atoms with Crippen LogP contribution in [0.15, 0.2) is 85.1 Å².